The Balaban J connectivity index is 1.86. The van der Waals surface area contributed by atoms with Crippen LogP contribution in [0.1, 0.15) is 31.4 Å². The molecule has 0 bridgehead atoms. The van der Waals surface area contributed by atoms with E-state index in [1.807, 2.05) is 12.1 Å². The Morgan fingerprint density at radius 1 is 1.15 bits per heavy atom. The van der Waals surface area contributed by atoms with Gasteiger partial charge in [-0.05, 0) is 50.6 Å². The molecule has 1 heterocycles. The zero-order valence-corrected chi connectivity index (χ0v) is 12.8. The Morgan fingerprint density at radius 3 is 2.50 bits per heavy atom. The average molecular weight is 278 g/mol. The van der Waals surface area contributed by atoms with Gasteiger partial charge in [-0.2, -0.15) is 0 Å². The van der Waals surface area contributed by atoms with Crippen LogP contribution in [0.25, 0.3) is 0 Å². The van der Waals surface area contributed by atoms with E-state index in [2.05, 4.69) is 23.2 Å². The molecule has 0 spiro atoms. The number of rotatable bonds is 7. The summed E-state index contributed by atoms with van der Waals surface area (Å²) in [4.78, 5) is 2.52. The number of nitrogens with one attached hydrogen (secondary N) is 1. The molecule has 112 valence electrons. The highest BCUT2D eigenvalue weighted by molar-refractivity contribution is 5.43. The van der Waals surface area contributed by atoms with Crippen molar-refractivity contribution in [2.45, 2.75) is 25.8 Å². The van der Waals surface area contributed by atoms with Crippen LogP contribution >= 0.6 is 0 Å². The van der Waals surface area contributed by atoms with Crippen LogP contribution in [0.15, 0.2) is 18.2 Å². The SMILES string of the molecule is COc1ccc(C(C)NCCN2CCCC2)cc1OC. The third-order valence-corrected chi connectivity index (χ3v) is 3.98. The third kappa shape index (κ3) is 3.87. The van der Waals surface area contributed by atoms with E-state index < -0.39 is 0 Å². The lowest BCUT2D eigenvalue weighted by molar-refractivity contribution is 0.329. The van der Waals surface area contributed by atoms with Crippen molar-refractivity contribution in [3.05, 3.63) is 23.8 Å². The van der Waals surface area contributed by atoms with Crippen LogP contribution in [0.4, 0.5) is 0 Å². The van der Waals surface area contributed by atoms with Crippen LogP contribution < -0.4 is 14.8 Å². The summed E-state index contributed by atoms with van der Waals surface area (Å²) in [7, 11) is 3.34. The summed E-state index contributed by atoms with van der Waals surface area (Å²) in [5.74, 6) is 1.57. The zero-order valence-electron chi connectivity index (χ0n) is 12.8. The van der Waals surface area contributed by atoms with Gasteiger partial charge in [0, 0.05) is 19.1 Å². The third-order valence-electron chi connectivity index (χ3n) is 3.98. The molecular weight excluding hydrogens is 252 g/mol. The Kier molecular flexibility index (Phi) is 5.68. The molecule has 0 aliphatic carbocycles. The summed E-state index contributed by atoms with van der Waals surface area (Å²) in [5, 5.41) is 3.58. The molecule has 4 heteroatoms. The predicted molar refractivity (Wildman–Crippen MR) is 81.6 cm³/mol. The Labute approximate surface area is 122 Å². The number of methoxy groups -OCH3 is 2. The Bertz CT molecular complexity index is 417. The molecule has 0 radical (unpaired) electrons. The maximum absolute atomic E-state index is 5.35. The standard InChI is InChI=1S/C16H26N2O2/c1-13(17-8-11-18-9-4-5-10-18)14-6-7-15(19-2)16(12-14)20-3/h6-7,12-13,17H,4-5,8-11H2,1-3H3. The predicted octanol–water partition coefficient (Wildman–Crippen LogP) is 2.45. The van der Waals surface area contributed by atoms with Crippen molar-refractivity contribution < 1.29 is 9.47 Å². The molecule has 4 nitrogen and oxygen atoms in total. The minimum absolute atomic E-state index is 0.317. The van der Waals surface area contributed by atoms with Crippen LogP contribution in [0.3, 0.4) is 0 Å². The van der Waals surface area contributed by atoms with Crippen molar-refractivity contribution in [3.8, 4) is 11.5 Å². The topological polar surface area (TPSA) is 33.7 Å². The normalized spacial score (nSPS) is 17.1. The van der Waals surface area contributed by atoms with Gasteiger partial charge in [0.2, 0.25) is 0 Å². The Morgan fingerprint density at radius 2 is 1.85 bits per heavy atom. The number of likely N-dealkylation sites (tertiary alicyclic amines) is 1. The largest absolute Gasteiger partial charge is 0.493 e. The van der Waals surface area contributed by atoms with Crippen molar-refractivity contribution in [1.29, 1.82) is 0 Å². The summed E-state index contributed by atoms with van der Waals surface area (Å²) >= 11 is 0. The molecule has 1 aromatic rings. The molecule has 1 unspecified atom stereocenters. The van der Waals surface area contributed by atoms with Gasteiger partial charge in [-0.3, -0.25) is 0 Å². The lowest BCUT2D eigenvalue weighted by atomic mass is 10.1. The van der Waals surface area contributed by atoms with Crippen LogP contribution in [-0.4, -0.2) is 45.3 Å². The number of hydrogen-bond acceptors (Lipinski definition) is 4. The second-order valence-electron chi connectivity index (χ2n) is 5.34. The van der Waals surface area contributed by atoms with E-state index in [9.17, 15) is 0 Å². The van der Waals surface area contributed by atoms with Crippen molar-refractivity contribution in [2.75, 3.05) is 40.4 Å². The highest BCUT2D eigenvalue weighted by Crippen LogP contribution is 2.29. The summed E-state index contributed by atoms with van der Waals surface area (Å²) < 4.78 is 10.6. The number of benzene rings is 1. The first kappa shape index (κ1) is 15.1. The Hall–Kier alpha value is -1.26. The number of nitrogens with zero attached hydrogens (tertiary/aromatic N) is 1. The molecule has 2 rings (SSSR count). The van der Waals surface area contributed by atoms with Crippen molar-refractivity contribution in [1.82, 2.24) is 10.2 Å². The van der Waals surface area contributed by atoms with Crippen molar-refractivity contribution in [3.63, 3.8) is 0 Å². The number of ether oxygens (including phenoxy) is 2. The molecule has 1 saturated heterocycles. The second-order valence-corrected chi connectivity index (χ2v) is 5.34. The van der Waals surface area contributed by atoms with Gasteiger partial charge < -0.3 is 19.7 Å². The van der Waals surface area contributed by atoms with E-state index in [0.29, 0.717) is 6.04 Å². The molecule has 1 aliphatic rings. The molecule has 0 amide bonds. The van der Waals surface area contributed by atoms with Gasteiger partial charge in [-0.25, -0.2) is 0 Å². The minimum atomic E-state index is 0.317. The van der Waals surface area contributed by atoms with Gasteiger partial charge in [0.15, 0.2) is 11.5 Å². The monoisotopic (exact) mass is 278 g/mol. The van der Waals surface area contributed by atoms with E-state index >= 15 is 0 Å². The van der Waals surface area contributed by atoms with Crippen molar-refractivity contribution in [2.24, 2.45) is 0 Å². The maximum atomic E-state index is 5.35. The lowest BCUT2D eigenvalue weighted by Crippen LogP contribution is -2.31. The average Bonchev–Trinajstić information content (AvgIpc) is 2.99. The van der Waals surface area contributed by atoms with Gasteiger partial charge in [-0.1, -0.05) is 6.07 Å². The van der Waals surface area contributed by atoms with Crippen molar-refractivity contribution >= 4 is 0 Å². The van der Waals surface area contributed by atoms with E-state index in [-0.39, 0.29) is 0 Å². The molecule has 0 saturated carbocycles. The molecule has 1 aliphatic heterocycles. The molecular formula is C16H26N2O2. The fourth-order valence-electron chi connectivity index (χ4n) is 2.69. The van der Waals surface area contributed by atoms with Crippen LogP contribution in [0, 0.1) is 0 Å². The van der Waals surface area contributed by atoms with Gasteiger partial charge >= 0.3 is 0 Å². The lowest BCUT2D eigenvalue weighted by Gasteiger charge is -2.19. The molecule has 1 aromatic carbocycles. The number of hydrogen-bond donors (Lipinski definition) is 1. The van der Waals surface area contributed by atoms with Crippen LogP contribution in [-0.2, 0) is 0 Å². The molecule has 1 fully saturated rings. The first-order valence-corrected chi connectivity index (χ1v) is 7.42. The minimum Gasteiger partial charge on any atom is -0.493 e. The first-order valence-electron chi connectivity index (χ1n) is 7.42. The van der Waals surface area contributed by atoms with E-state index in [1.165, 1.54) is 31.5 Å². The van der Waals surface area contributed by atoms with E-state index in [4.69, 9.17) is 9.47 Å². The summed E-state index contributed by atoms with van der Waals surface area (Å²) in [6.07, 6.45) is 2.70. The fraction of sp³-hybridized carbons (Fsp3) is 0.625. The van der Waals surface area contributed by atoms with E-state index in [1.54, 1.807) is 14.2 Å². The van der Waals surface area contributed by atoms with Gasteiger partial charge in [0.1, 0.15) is 0 Å². The summed E-state index contributed by atoms with van der Waals surface area (Å²) in [6, 6.07) is 6.42. The van der Waals surface area contributed by atoms with Gasteiger partial charge in [0.25, 0.3) is 0 Å². The zero-order chi connectivity index (χ0) is 14.4. The smallest absolute Gasteiger partial charge is 0.161 e. The van der Waals surface area contributed by atoms with E-state index in [0.717, 1.165) is 24.6 Å². The second kappa shape index (κ2) is 7.50. The quantitative estimate of drug-likeness (QED) is 0.830. The van der Waals surface area contributed by atoms with Gasteiger partial charge in [0.05, 0.1) is 14.2 Å². The van der Waals surface area contributed by atoms with Crippen LogP contribution in [0.5, 0.6) is 11.5 Å². The first-order chi connectivity index (χ1) is 9.74. The summed E-state index contributed by atoms with van der Waals surface area (Å²) in [6.45, 7) is 6.86. The highest BCUT2D eigenvalue weighted by atomic mass is 16.5. The highest BCUT2D eigenvalue weighted by Gasteiger charge is 2.12. The molecule has 1 N–H and O–H groups in total. The maximum Gasteiger partial charge on any atom is 0.161 e. The molecule has 0 aromatic heterocycles. The van der Waals surface area contributed by atoms with Crippen LogP contribution in [0.2, 0.25) is 0 Å². The summed E-state index contributed by atoms with van der Waals surface area (Å²) in [5.41, 5.74) is 1.23. The molecule has 1 atom stereocenters. The van der Waals surface area contributed by atoms with Gasteiger partial charge in [-0.15, -0.1) is 0 Å². The molecule has 20 heavy (non-hydrogen) atoms. The fourth-order valence-corrected chi connectivity index (χ4v) is 2.69.